The number of sulfonamides is 1. The van der Waals surface area contributed by atoms with Crippen molar-refractivity contribution < 1.29 is 21.6 Å². The first kappa shape index (κ1) is 16.3. The topological polar surface area (TPSA) is 72.2 Å². The highest BCUT2D eigenvalue weighted by molar-refractivity contribution is 9.10. The number of anilines is 1. The molecule has 19 heavy (non-hydrogen) atoms. The molecule has 9 heteroatoms. The maximum absolute atomic E-state index is 11.9. The molecular formula is C10H12BrF3N2O2S. The van der Waals surface area contributed by atoms with Crippen molar-refractivity contribution in [2.45, 2.75) is 23.9 Å². The van der Waals surface area contributed by atoms with Gasteiger partial charge in [-0.3, -0.25) is 0 Å². The second-order valence-electron chi connectivity index (χ2n) is 3.80. The first-order valence-electron chi connectivity index (χ1n) is 5.23. The van der Waals surface area contributed by atoms with Gasteiger partial charge in [0.1, 0.15) is 0 Å². The first-order valence-corrected chi connectivity index (χ1v) is 7.51. The quantitative estimate of drug-likeness (QED) is 0.626. The maximum atomic E-state index is 11.9. The highest BCUT2D eigenvalue weighted by Gasteiger charge is 2.26. The standard InChI is InChI=1S/C10H12BrF3N2O2S/c11-8-6-7(2-3-9(8)15)19(17,18)16-5-1-4-10(12,13)14/h2-3,6,16H,1,4-5,15H2. The molecule has 0 aliphatic carbocycles. The van der Waals surface area contributed by atoms with E-state index in [4.69, 9.17) is 5.73 Å². The fraction of sp³-hybridized carbons (Fsp3) is 0.400. The van der Waals surface area contributed by atoms with Crippen molar-refractivity contribution in [3.63, 3.8) is 0 Å². The summed E-state index contributed by atoms with van der Waals surface area (Å²) in [5.74, 6) is 0. The Hall–Kier alpha value is -0.800. The molecule has 3 N–H and O–H groups in total. The Morgan fingerprint density at radius 1 is 1.32 bits per heavy atom. The second kappa shape index (κ2) is 6.10. The Kier molecular flexibility index (Phi) is 5.22. The molecule has 1 aromatic rings. The Morgan fingerprint density at radius 2 is 1.95 bits per heavy atom. The minimum atomic E-state index is -4.28. The largest absolute Gasteiger partial charge is 0.398 e. The molecule has 0 aliphatic rings. The molecule has 0 radical (unpaired) electrons. The Balaban J connectivity index is 2.63. The average molecular weight is 361 g/mol. The van der Waals surface area contributed by atoms with Crippen LogP contribution in [0, 0.1) is 0 Å². The lowest BCUT2D eigenvalue weighted by Crippen LogP contribution is -2.26. The van der Waals surface area contributed by atoms with Gasteiger partial charge in [0.25, 0.3) is 0 Å². The van der Waals surface area contributed by atoms with E-state index in [0.29, 0.717) is 10.2 Å². The number of nitrogens with two attached hydrogens (primary N) is 1. The summed E-state index contributed by atoms with van der Waals surface area (Å²) >= 11 is 3.08. The molecule has 0 saturated carbocycles. The Bertz CT molecular complexity index is 546. The summed E-state index contributed by atoms with van der Waals surface area (Å²) in [7, 11) is -3.82. The van der Waals surface area contributed by atoms with Crippen LogP contribution in [-0.4, -0.2) is 21.1 Å². The van der Waals surface area contributed by atoms with Crippen molar-refractivity contribution in [3.05, 3.63) is 22.7 Å². The molecule has 0 amide bonds. The SMILES string of the molecule is Nc1ccc(S(=O)(=O)NCCCC(F)(F)F)cc1Br. The van der Waals surface area contributed by atoms with Crippen molar-refractivity contribution in [2.24, 2.45) is 0 Å². The predicted molar refractivity (Wildman–Crippen MR) is 69.0 cm³/mol. The van der Waals surface area contributed by atoms with E-state index in [9.17, 15) is 21.6 Å². The van der Waals surface area contributed by atoms with Gasteiger partial charge in [-0.15, -0.1) is 0 Å². The van der Waals surface area contributed by atoms with Crippen LogP contribution in [0.2, 0.25) is 0 Å². The third-order valence-electron chi connectivity index (χ3n) is 2.21. The summed E-state index contributed by atoms with van der Waals surface area (Å²) < 4.78 is 61.7. The molecule has 0 atom stereocenters. The number of nitrogen functional groups attached to an aromatic ring is 1. The lowest BCUT2D eigenvalue weighted by molar-refractivity contribution is -0.135. The fourth-order valence-electron chi connectivity index (χ4n) is 1.25. The van der Waals surface area contributed by atoms with Gasteiger partial charge in [0.15, 0.2) is 0 Å². The van der Waals surface area contributed by atoms with Gasteiger partial charge in [0.2, 0.25) is 10.0 Å². The molecule has 0 saturated heterocycles. The zero-order chi connectivity index (χ0) is 14.7. The van der Waals surface area contributed by atoms with E-state index in [1.54, 1.807) is 0 Å². The fourth-order valence-corrected chi connectivity index (χ4v) is 2.88. The van der Waals surface area contributed by atoms with Crippen molar-refractivity contribution in [2.75, 3.05) is 12.3 Å². The smallest absolute Gasteiger partial charge is 0.389 e. The van der Waals surface area contributed by atoms with Gasteiger partial charge in [-0.25, -0.2) is 13.1 Å². The Morgan fingerprint density at radius 3 is 2.47 bits per heavy atom. The molecule has 108 valence electrons. The van der Waals surface area contributed by atoms with E-state index in [1.165, 1.54) is 18.2 Å². The first-order chi connectivity index (χ1) is 8.62. The Labute approximate surface area is 117 Å². The number of alkyl halides is 3. The second-order valence-corrected chi connectivity index (χ2v) is 6.42. The molecule has 4 nitrogen and oxygen atoms in total. The highest BCUT2D eigenvalue weighted by Crippen LogP contribution is 2.23. The molecule has 0 unspecified atom stereocenters. The third kappa shape index (κ3) is 5.37. The lowest BCUT2D eigenvalue weighted by Gasteiger charge is -2.09. The van der Waals surface area contributed by atoms with Crippen LogP contribution < -0.4 is 10.5 Å². The molecule has 0 aliphatic heterocycles. The highest BCUT2D eigenvalue weighted by atomic mass is 79.9. The van der Waals surface area contributed by atoms with Crippen LogP contribution in [0.3, 0.4) is 0 Å². The average Bonchev–Trinajstić information content (AvgIpc) is 2.27. The van der Waals surface area contributed by atoms with Gasteiger partial charge in [0, 0.05) is 23.1 Å². The van der Waals surface area contributed by atoms with Gasteiger partial charge in [-0.2, -0.15) is 13.2 Å². The van der Waals surface area contributed by atoms with E-state index in [2.05, 4.69) is 20.7 Å². The number of halogens is 4. The van der Waals surface area contributed by atoms with Gasteiger partial charge >= 0.3 is 6.18 Å². The number of nitrogens with one attached hydrogen (secondary N) is 1. The zero-order valence-electron chi connectivity index (χ0n) is 9.67. The normalized spacial score (nSPS) is 12.6. The van der Waals surface area contributed by atoms with Gasteiger partial charge in [-0.1, -0.05) is 0 Å². The summed E-state index contributed by atoms with van der Waals surface area (Å²) in [6, 6.07) is 3.97. The van der Waals surface area contributed by atoms with Crippen molar-refractivity contribution in [1.82, 2.24) is 4.72 Å². The molecule has 0 fully saturated rings. The zero-order valence-corrected chi connectivity index (χ0v) is 12.1. The summed E-state index contributed by atoms with van der Waals surface area (Å²) in [6.07, 6.45) is -5.62. The van der Waals surface area contributed by atoms with E-state index < -0.39 is 22.6 Å². The predicted octanol–water partition coefficient (Wildman–Crippen LogP) is 2.65. The lowest BCUT2D eigenvalue weighted by atomic mass is 10.3. The molecule has 0 heterocycles. The molecule has 0 bridgehead atoms. The van der Waals surface area contributed by atoms with Gasteiger partial charge < -0.3 is 5.73 Å². The van der Waals surface area contributed by atoms with Crippen LogP contribution in [0.15, 0.2) is 27.6 Å². The van der Waals surface area contributed by atoms with E-state index in [-0.39, 0.29) is 17.9 Å². The minimum absolute atomic E-state index is 0.0550. The van der Waals surface area contributed by atoms with Crippen molar-refractivity contribution in [3.8, 4) is 0 Å². The van der Waals surface area contributed by atoms with Crippen LogP contribution in [0.1, 0.15) is 12.8 Å². The van der Waals surface area contributed by atoms with Crippen molar-refractivity contribution >= 4 is 31.6 Å². The monoisotopic (exact) mass is 360 g/mol. The van der Waals surface area contributed by atoms with Crippen LogP contribution in [0.4, 0.5) is 18.9 Å². The van der Waals surface area contributed by atoms with E-state index in [0.717, 1.165) is 0 Å². The number of rotatable bonds is 5. The van der Waals surface area contributed by atoms with Crippen LogP contribution in [-0.2, 0) is 10.0 Å². The van der Waals surface area contributed by atoms with Gasteiger partial charge in [-0.05, 0) is 40.5 Å². The van der Waals surface area contributed by atoms with Crippen molar-refractivity contribution in [1.29, 1.82) is 0 Å². The minimum Gasteiger partial charge on any atom is -0.398 e. The summed E-state index contributed by atoms with van der Waals surface area (Å²) in [5.41, 5.74) is 5.89. The molecular weight excluding hydrogens is 349 g/mol. The van der Waals surface area contributed by atoms with E-state index in [1.807, 2.05) is 0 Å². The number of benzene rings is 1. The summed E-state index contributed by atoms with van der Waals surface area (Å²) in [4.78, 5) is -0.0550. The third-order valence-corrected chi connectivity index (χ3v) is 4.36. The van der Waals surface area contributed by atoms with Crippen LogP contribution in [0.25, 0.3) is 0 Å². The summed E-state index contributed by atoms with van der Waals surface area (Å²) in [5, 5.41) is 0. The van der Waals surface area contributed by atoms with Crippen LogP contribution in [0.5, 0.6) is 0 Å². The summed E-state index contributed by atoms with van der Waals surface area (Å²) in [6.45, 7) is -0.274. The molecule has 1 aromatic carbocycles. The maximum Gasteiger partial charge on any atom is 0.389 e. The molecule has 0 aromatic heterocycles. The van der Waals surface area contributed by atoms with Gasteiger partial charge in [0.05, 0.1) is 4.90 Å². The van der Waals surface area contributed by atoms with Crippen LogP contribution >= 0.6 is 15.9 Å². The van der Waals surface area contributed by atoms with E-state index >= 15 is 0 Å². The number of hydrogen-bond acceptors (Lipinski definition) is 3. The number of hydrogen-bond donors (Lipinski definition) is 2. The molecule has 0 spiro atoms. The molecule has 1 rings (SSSR count).